The summed E-state index contributed by atoms with van der Waals surface area (Å²) in [6, 6.07) is 27.6. The fourth-order valence-electron chi connectivity index (χ4n) is 6.09. The third kappa shape index (κ3) is 6.17. The number of H-pyrrole nitrogens is 1. The van der Waals surface area contributed by atoms with Crippen molar-refractivity contribution < 1.29 is 19.4 Å². The van der Waals surface area contributed by atoms with Crippen molar-refractivity contribution in [2.75, 3.05) is 19.0 Å². The first-order chi connectivity index (χ1) is 22.3. The smallest absolute Gasteiger partial charge is 0.280 e. The third-order valence-electron chi connectivity index (χ3n) is 8.42. The number of benzene rings is 3. The van der Waals surface area contributed by atoms with Crippen molar-refractivity contribution in [3.63, 3.8) is 0 Å². The molecule has 3 aromatic carbocycles. The Balaban J connectivity index is 1.44. The summed E-state index contributed by atoms with van der Waals surface area (Å²) in [4.78, 5) is 37.5. The molecule has 0 saturated carbocycles. The van der Waals surface area contributed by atoms with E-state index in [0.29, 0.717) is 13.1 Å². The molecule has 0 unspecified atom stereocenters. The number of nitrogens with zero attached hydrogens (tertiary/aromatic N) is 3. The van der Waals surface area contributed by atoms with Crippen LogP contribution in [0.15, 0.2) is 96.1 Å². The van der Waals surface area contributed by atoms with Gasteiger partial charge in [0.05, 0.1) is 31.6 Å². The molecule has 4 N–H and O–H groups in total. The highest BCUT2D eigenvalue weighted by Crippen LogP contribution is 2.50. The Bertz CT molecular complexity index is 1800. The van der Waals surface area contributed by atoms with E-state index in [1.807, 2.05) is 84.9 Å². The minimum Gasteiger partial charge on any atom is -0.497 e. The van der Waals surface area contributed by atoms with Gasteiger partial charge in [-0.05, 0) is 28.8 Å². The van der Waals surface area contributed by atoms with Crippen LogP contribution in [0.5, 0.6) is 5.75 Å². The van der Waals surface area contributed by atoms with E-state index in [-0.39, 0.29) is 35.4 Å². The Kier molecular flexibility index (Phi) is 8.98. The van der Waals surface area contributed by atoms with Gasteiger partial charge in [0.15, 0.2) is 16.9 Å². The third-order valence-corrected chi connectivity index (χ3v) is 8.42. The monoisotopic (exact) mass is 622 g/mol. The van der Waals surface area contributed by atoms with Crippen LogP contribution >= 0.6 is 0 Å². The van der Waals surface area contributed by atoms with Gasteiger partial charge in [0.25, 0.3) is 5.56 Å². The predicted octanol–water partition coefficient (Wildman–Crippen LogP) is 4.15. The summed E-state index contributed by atoms with van der Waals surface area (Å²) >= 11 is 0. The number of hydrogen-bond acceptors (Lipinski definition) is 8. The van der Waals surface area contributed by atoms with Crippen LogP contribution < -0.4 is 20.9 Å². The van der Waals surface area contributed by atoms with Gasteiger partial charge in [0.1, 0.15) is 5.75 Å². The molecule has 0 aliphatic carbocycles. The molecule has 2 aromatic heterocycles. The highest BCUT2D eigenvalue weighted by Gasteiger charge is 2.54. The molecule has 0 bridgehead atoms. The fourth-order valence-corrected chi connectivity index (χ4v) is 6.09. The topological polar surface area (TPSA) is 143 Å². The summed E-state index contributed by atoms with van der Waals surface area (Å²) in [7, 11) is 1.63. The molecule has 11 heteroatoms. The number of aromatic nitrogens is 4. The molecule has 46 heavy (non-hydrogen) atoms. The molecule has 0 radical (unpaired) electrons. The van der Waals surface area contributed by atoms with Crippen molar-refractivity contribution in [2.24, 2.45) is 5.92 Å². The molecule has 5 aromatic rings. The van der Waals surface area contributed by atoms with E-state index in [2.05, 4.69) is 25.6 Å². The van der Waals surface area contributed by atoms with Gasteiger partial charge in [-0.1, -0.05) is 86.6 Å². The van der Waals surface area contributed by atoms with Crippen LogP contribution in [0.25, 0.3) is 11.2 Å². The number of carbonyl (C=O) groups is 1. The largest absolute Gasteiger partial charge is 0.497 e. The first-order valence-electron chi connectivity index (χ1n) is 15.4. The van der Waals surface area contributed by atoms with Crippen LogP contribution in [-0.2, 0) is 21.8 Å². The number of rotatable bonds is 11. The zero-order valence-electron chi connectivity index (χ0n) is 26.0. The van der Waals surface area contributed by atoms with Gasteiger partial charge < -0.3 is 19.9 Å². The lowest BCUT2D eigenvalue weighted by Gasteiger charge is -2.39. The first kappa shape index (κ1) is 31.2. The molecule has 3 heterocycles. The van der Waals surface area contributed by atoms with Crippen LogP contribution in [0.3, 0.4) is 0 Å². The van der Waals surface area contributed by atoms with E-state index in [1.54, 1.807) is 31.9 Å². The number of fused-ring (bicyclic) bond motifs is 1. The molecule has 238 valence electrons. The minimum atomic E-state index is -1.25. The Labute approximate surface area is 266 Å². The summed E-state index contributed by atoms with van der Waals surface area (Å²) < 4.78 is 14.0. The molecular weight excluding hydrogens is 584 g/mol. The maximum absolute atomic E-state index is 13.2. The Morgan fingerprint density at radius 3 is 2.33 bits per heavy atom. The van der Waals surface area contributed by atoms with Crippen LogP contribution in [0.4, 0.5) is 5.95 Å². The average molecular weight is 623 g/mol. The molecule has 1 aliphatic heterocycles. The van der Waals surface area contributed by atoms with Crippen molar-refractivity contribution in [1.82, 2.24) is 24.8 Å². The second-order valence-corrected chi connectivity index (χ2v) is 11.9. The molecule has 6 rings (SSSR count). The number of imidazole rings is 1. The molecule has 1 amide bonds. The number of aliphatic hydroxyl groups is 1. The standard InChI is InChI=1S/C35H38N6O5/c1-22(2)32(43)39-34-38-31-30(33(44)40-34)37-21-41(31)35(29(24-10-6-4-7-11-24)25-12-8-5-9-13-25)18-27(42)28(46-35)20-36-19-23-14-16-26(45-3)17-15-23/h4-17,21-22,27-29,36,42H,18-20H2,1-3H3,(H2,38,39,40,43,44)/t27-,28+,35-/m0/s1. The molecule has 1 saturated heterocycles. The van der Waals surface area contributed by atoms with E-state index in [1.165, 1.54) is 0 Å². The Morgan fingerprint density at radius 1 is 1.07 bits per heavy atom. The van der Waals surface area contributed by atoms with Gasteiger partial charge in [-0.25, -0.2) is 4.98 Å². The summed E-state index contributed by atoms with van der Waals surface area (Å²) in [5, 5.41) is 17.8. The number of nitrogens with one attached hydrogen (secondary N) is 3. The van der Waals surface area contributed by atoms with Gasteiger partial charge >= 0.3 is 0 Å². The van der Waals surface area contributed by atoms with Crippen LogP contribution in [0, 0.1) is 5.92 Å². The van der Waals surface area contributed by atoms with Crippen LogP contribution in [0.1, 0.15) is 42.9 Å². The van der Waals surface area contributed by atoms with Crippen molar-refractivity contribution >= 4 is 23.0 Å². The van der Waals surface area contributed by atoms with Crippen LogP contribution in [-0.4, -0.2) is 56.4 Å². The fraction of sp³-hybridized carbons (Fsp3) is 0.314. The number of hydrogen-bond donors (Lipinski definition) is 4. The number of amides is 1. The van der Waals surface area contributed by atoms with Crippen molar-refractivity contribution in [3.8, 4) is 5.75 Å². The van der Waals surface area contributed by atoms with E-state index in [9.17, 15) is 14.7 Å². The van der Waals surface area contributed by atoms with Crippen molar-refractivity contribution in [1.29, 1.82) is 0 Å². The minimum absolute atomic E-state index is 0.0142. The lowest BCUT2D eigenvalue weighted by molar-refractivity contribution is -0.118. The number of carbonyl (C=O) groups excluding carboxylic acids is 1. The van der Waals surface area contributed by atoms with E-state index in [0.717, 1.165) is 22.4 Å². The number of anilines is 1. The molecule has 3 atom stereocenters. The van der Waals surface area contributed by atoms with Gasteiger partial charge in [-0.2, -0.15) is 4.98 Å². The number of aliphatic hydroxyl groups excluding tert-OH is 1. The first-order valence-corrected chi connectivity index (χ1v) is 15.4. The lowest BCUT2D eigenvalue weighted by atomic mass is 9.80. The number of methoxy groups -OCH3 is 1. The highest BCUT2D eigenvalue weighted by molar-refractivity contribution is 5.91. The second kappa shape index (κ2) is 13.3. The molecule has 1 aliphatic rings. The summed E-state index contributed by atoms with van der Waals surface area (Å²) in [6.45, 7) is 4.44. The van der Waals surface area contributed by atoms with Gasteiger partial charge in [-0.15, -0.1) is 0 Å². The number of ether oxygens (including phenoxy) is 2. The van der Waals surface area contributed by atoms with Crippen molar-refractivity contribution in [3.05, 3.63) is 118 Å². The van der Waals surface area contributed by atoms with E-state index in [4.69, 9.17) is 9.47 Å². The van der Waals surface area contributed by atoms with Gasteiger partial charge in [-0.3, -0.25) is 24.5 Å². The SMILES string of the molecule is COc1ccc(CNC[C@H]2O[C@@](C(c3ccccc3)c3ccccc3)(n3cnc4c(=O)[nH]c(NC(=O)C(C)C)nc43)C[C@@H]2O)cc1. The highest BCUT2D eigenvalue weighted by atomic mass is 16.5. The zero-order valence-corrected chi connectivity index (χ0v) is 26.0. The number of aromatic amines is 1. The quantitative estimate of drug-likeness (QED) is 0.172. The average Bonchev–Trinajstić information content (AvgIpc) is 3.64. The zero-order chi connectivity index (χ0) is 32.3. The Hall–Kier alpha value is -4.84. The summed E-state index contributed by atoms with van der Waals surface area (Å²) in [6.07, 6.45) is 0.259. The predicted molar refractivity (Wildman–Crippen MR) is 175 cm³/mol. The summed E-state index contributed by atoms with van der Waals surface area (Å²) in [5.74, 6) is -0.242. The van der Waals surface area contributed by atoms with E-state index < -0.39 is 29.4 Å². The van der Waals surface area contributed by atoms with Gasteiger partial charge in [0, 0.05) is 25.4 Å². The van der Waals surface area contributed by atoms with Crippen LogP contribution in [0.2, 0.25) is 0 Å². The van der Waals surface area contributed by atoms with E-state index >= 15 is 0 Å². The molecule has 0 spiro atoms. The second-order valence-electron chi connectivity index (χ2n) is 11.9. The lowest BCUT2D eigenvalue weighted by Crippen LogP contribution is -2.42. The maximum atomic E-state index is 13.2. The maximum Gasteiger partial charge on any atom is 0.280 e. The molecule has 1 fully saturated rings. The normalized spacial score (nSPS) is 19.6. The Morgan fingerprint density at radius 2 is 1.72 bits per heavy atom. The van der Waals surface area contributed by atoms with Crippen molar-refractivity contribution in [2.45, 2.75) is 50.7 Å². The summed E-state index contributed by atoms with van der Waals surface area (Å²) in [5.41, 5.74) is 1.56. The van der Waals surface area contributed by atoms with Gasteiger partial charge in [0.2, 0.25) is 11.9 Å². The molecular formula is C35H38N6O5. The molecule has 11 nitrogen and oxygen atoms in total.